The van der Waals surface area contributed by atoms with Gasteiger partial charge in [-0.1, -0.05) is 23.7 Å². The second-order valence-electron chi connectivity index (χ2n) is 8.97. The number of carbonyl (C=O) groups excluding carboxylic acids is 2. The highest BCUT2D eigenvalue weighted by atomic mass is 35.5. The zero-order chi connectivity index (χ0) is 28.1. The van der Waals surface area contributed by atoms with Crippen LogP contribution in [-0.2, 0) is 16.0 Å². The monoisotopic (exact) mass is 567 g/mol. The Hall–Kier alpha value is -3.82. The zero-order valence-corrected chi connectivity index (χ0v) is 23.8. The van der Waals surface area contributed by atoms with Crippen LogP contribution in [-0.4, -0.2) is 55.7 Å². The second kappa shape index (κ2) is 12.4. The van der Waals surface area contributed by atoms with Crippen molar-refractivity contribution in [3.63, 3.8) is 0 Å². The number of anilines is 2. The van der Waals surface area contributed by atoms with Gasteiger partial charge in [-0.05, 0) is 85.2 Å². The van der Waals surface area contributed by atoms with Gasteiger partial charge >= 0.3 is 0 Å². The van der Waals surface area contributed by atoms with Gasteiger partial charge in [-0.15, -0.1) is 0 Å². The van der Waals surface area contributed by atoms with E-state index in [1.807, 2.05) is 30.0 Å². The van der Waals surface area contributed by atoms with Crippen LogP contribution >= 0.6 is 23.8 Å². The van der Waals surface area contributed by atoms with Crippen LogP contribution < -0.4 is 24.4 Å². The minimum absolute atomic E-state index is 0.0798. The summed E-state index contributed by atoms with van der Waals surface area (Å²) in [6.07, 6.45) is 0.485. The Morgan fingerprint density at radius 1 is 1.00 bits per heavy atom. The Balaban J connectivity index is 1.58. The molecule has 1 saturated heterocycles. The molecular weight excluding hydrogens is 538 g/mol. The molecule has 0 unspecified atom stereocenters. The Labute approximate surface area is 238 Å². The molecule has 0 radical (unpaired) electrons. The van der Waals surface area contributed by atoms with Crippen molar-refractivity contribution in [3.05, 3.63) is 76.8 Å². The van der Waals surface area contributed by atoms with Crippen molar-refractivity contribution in [1.29, 1.82) is 0 Å². The first-order valence-electron chi connectivity index (χ1n) is 12.3. The smallest absolute Gasteiger partial charge is 0.256 e. The number of methoxy groups -OCH3 is 3. The van der Waals surface area contributed by atoms with E-state index < -0.39 is 6.04 Å². The molecule has 1 fully saturated rings. The lowest BCUT2D eigenvalue weighted by Crippen LogP contribution is -2.39. The summed E-state index contributed by atoms with van der Waals surface area (Å²) in [5.41, 5.74) is 2.94. The maximum atomic E-state index is 13.7. The Morgan fingerprint density at radius 3 is 2.38 bits per heavy atom. The number of halogens is 1. The first kappa shape index (κ1) is 28.2. The summed E-state index contributed by atoms with van der Waals surface area (Å²) in [7, 11) is 4.74. The minimum Gasteiger partial charge on any atom is -0.497 e. The summed E-state index contributed by atoms with van der Waals surface area (Å²) in [4.78, 5) is 30.1. The molecular formula is C29H30ClN3O5S. The van der Waals surface area contributed by atoms with Crippen LogP contribution in [0.25, 0.3) is 0 Å². The van der Waals surface area contributed by atoms with Crippen molar-refractivity contribution in [3.8, 4) is 17.2 Å². The third-order valence-corrected chi connectivity index (χ3v) is 7.49. The lowest BCUT2D eigenvalue weighted by molar-refractivity contribution is -0.124. The van der Waals surface area contributed by atoms with E-state index in [4.69, 9.17) is 38.0 Å². The third-order valence-electron chi connectivity index (χ3n) is 6.66. The van der Waals surface area contributed by atoms with Gasteiger partial charge < -0.3 is 24.4 Å². The molecule has 0 saturated carbocycles. The normalized spacial score (nSPS) is 14.9. The standard InChI is InChI=1S/C29H30ClN3O5S/c1-18-22(30)6-5-7-23(18)31-27(34)17-24-28(35)33(20-9-11-21(36-2)12-10-20)29(39)32(24)15-14-19-8-13-25(37-3)26(16-19)38-4/h5-13,16,24H,14-15,17H2,1-4H3,(H,31,34)/t24-/m0/s1. The number of hydrogen-bond acceptors (Lipinski definition) is 6. The largest absolute Gasteiger partial charge is 0.497 e. The van der Waals surface area contributed by atoms with E-state index in [1.54, 1.807) is 63.8 Å². The average Bonchev–Trinajstić information content (AvgIpc) is 3.17. The lowest BCUT2D eigenvalue weighted by Gasteiger charge is -2.24. The average molecular weight is 568 g/mol. The molecule has 3 aromatic rings. The fourth-order valence-electron chi connectivity index (χ4n) is 4.46. The fraction of sp³-hybridized carbons (Fsp3) is 0.276. The number of ether oxygens (including phenoxy) is 3. The molecule has 0 bridgehead atoms. The van der Waals surface area contributed by atoms with Crippen molar-refractivity contribution in [2.45, 2.75) is 25.8 Å². The van der Waals surface area contributed by atoms with Crippen LogP contribution in [0.5, 0.6) is 17.2 Å². The first-order valence-corrected chi connectivity index (χ1v) is 13.1. The molecule has 10 heteroatoms. The number of benzene rings is 3. The van der Waals surface area contributed by atoms with Gasteiger partial charge in [-0.3, -0.25) is 14.5 Å². The quantitative estimate of drug-likeness (QED) is 0.335. The molecule has 39 heavy (non-hydrogen) atoms. The van der Waals surface area contributed by atoms with Gasteiger partial charge in [0.2, 0.25) is 5.91 Å². The molecule has 3 aromatic carbocycles. The molecule has 1 heterocycles. The van der Waals surface area contributed by atoms with Crippen molar-refractivity contribution < 1.29 is 23.8 Å². The molecule has 0 aliphatic carbocycles. The van der Waals surface area contributed by atoms with Gasteiger partial charge in [0.05, 0.1) is 33.4 Å². The minimum atomic E-state index is -0.778. The molecule has 1 N–H and O–H groups in total. The van der Waals surface area contributed by atoms with Crippen molar-refractivity contribution >= 4 is 52.1 Å². The van der Waals surface area contributed by atoms with Crippen LogP contribution in [0.15, 0.2) is 60.7 Å². The predicted octanol–water partition coefficient (Wildman–Crippen LogP) is 5.25. The number of nitrogens with one attached hydrogen (secondary N) is 1. The number of amides is 2. The summed E-state index contributed by atoms with van der Waals surface area (Å²) in [6, 6.07) is 17.3. The summed E-state index contributed by atoms with van der Waals surface area (Å²) in [5.74, 6) is 1.33. The molecule has 204 valence electrons. The Kier molecular flexibility index (Phi) is 8.93. The number of nitrogens with zero attached hydrogens (tertiary/aromatic N) is 2. The molecule has 0 aromatic heterocycles. The van der Waals surface area contributed by atoms with Crippen molar-refractivity contribution in [2.75, 3.05) is 38.1 Å². The second-order valence-corrected chi connectivity index (χ2v) is 9.74. The summed E-state index contributed by atoms with van der Waals surface area (Å²) < 4.78 is 16.0. The topological polar surface area (TPSA) is 80.3 Å². The maximum Gasteiger partial charge on any atom is 0.256 e. The van der Waals surface area contributed by atoms with Crippen LogP contribution in [0.2, 0.25) is 5.02 Å². The zero-order valence-electron chi connectivity index (χ0n) is 22.2. The van der Waals surface area contributed by atoms with Gasteiger partial charge in [-0.2, -0.15) is 0 Å². The molecule has 0 spiro atoms. The SMILES string of the molecule is COc1ccc(N2C(=O)[C@H](CC(=O)Nc3cccc(Cl)c3C)N(CCc3ccc(OC)c(OC)c3)C2=S)cc1. The summed E-state index contributed by atoms with van der Waals surface area (Å²) in [5, 5.41) is 3.78. The molecule has 8 nitrogen and oxygen atoms in total. The van der Waals surface area contributed by atoms with E-state index in [-0.39, 0.29) is 18.2 Å². The first-order chi connectivity index (χ1) is 18.8. The number of hydrogen-bond donors (Lipinski definition) is 1. The molecule has 4 rings (SSSR count). The lowest BCUT2D eigenvalue weighted by atomic mass is 10.1. The van der Waals surface area contributed by atoms with Crippen LogP contribution in [0, 0.1) is 6.92 Å². The molecule has 1 aliphatic rings. The Bertz CT molecular complexity index is 1380. The van der Waals surface area contributed by atoms with E-state index in [1.165, 1.54) is 4.90 Å². The van der Waals surface area contributed by atoms with Crippen molar-refractivity contribution in [2.24, 2.45) is 0 Å². The highest BCUT2D eigenvalue weighted by molar-refractivity contribution is 7.80. The van der Waals surface area contributed by atoms with Gasteiger partial charge in [0.25, 0.3) is 5.91 Å². The molecule has 2 amide bonds. The predicted molar refractivity (Wildman–Crippen MR) is 156 cm³/mol. The van der Waals surface area contributed by atoms with Gasteiger partial charge in [0.1, 0.15) is 11.8 Å². The Morgan fingerprint density at radius 2 is 1.72 bits per heavy atom. The van der Waals surface area contributed by atoms with Gasteiger partial charge in [0.15, 0.2) is 16.6 Å². The van der Waals surface area contributed by atoms with E-state index >= 15 is 0 Å². The van der Waals surface area contributed by atoms with Crippen LogP contribution in [0.1, 0.15) is 17.5 Å². The summed E-state index contributed by atoms with van der Waals surface area (Å²) in [6.45, 7) is 2.25. The highest BCUT2D eigenvalue weighted by Gasteiger charge is 2.44. The van der Waals surface area contributed by atoms with E-state index in [2.05, 4.69) is 5.32 Å². The fourth-order valence-corrected chi connectivity index (χ4v) is 5.05. The number of carbonyl (C=O) groups is 2. The third kappa shape index (κ3) is 6.10. The van der Waals surface area contributed by atoms with Gasteiger partial charge in [-0.25, -0.2) is 0 Å². The number of thiocarbonyl (C=S) groups is 1. The van der Waals surface area contributed by atoms with Crippen molar-refractivity contribution in [1.82, 2.24) is 4.90 Å². The van der Waals surface area contributed by atoms with Gasteiger partial charge in [0, 0.05) is 17.3 Å². The number of rotatable bonds is 10. The summed E-state index contributed by atoms with van der Waals surface area (Å²) >= 11 is 12.0. The highest BCUT2D eigenvalue weighted by Crippen LogP contribution is 2.31. The van der Waals surface area contributed by atoms with E-state index in [0.29, 0.717) is 51.7 Å². The van der Waals surface area contributed by atoms with E-state index in [0.717, 1.165) is 11.1 Å². The van der Waals surface area contributed by atoms with Crippen LogP contribution in [0.4, 0.5) is 11.4 Å². The maximum absolute atomic E-state index is 13.7. The molecule has 1 atom stereocenters. The molecule has 1 aliphatic heterocycles. The van der Waals surface area contributed by atoms with Crippen LogP contribution in [0.3, 0.4) is 0 Å². The van der Waals surface area contributed by atoms with E-state index in [9.17, 15) is 9.59 Å².